The molecule has 1 aliphatic rings. The molecule has 2 N–H and O–H groups in total. The van der Waals surface area contributed by atoms with Crippen molar-refractivity contribution in [3.8, 4) is 0 Å². The summed E-state index contributed by atoms with van der Waals surface area (Å²) in [5, 5.41) is 0.780. The van der Waals surface area contributed by atoms with Crippen LogP contribution in [-0.2, 0) is 0 Å². The third kappa shape index (κ3) is 2.95. The summed E-state index contributed by atoms with van der Waals surface area (Å²) >= 11 is 1.46. The smallest absolute Gasteiger partial charge is 0.348 e. The predicted octanol–water partition coefficient (Wildman–Crippen LogP) is 2.94. The van der Waals surface area contributed by atoms with E-state index >= 15 is 0 Å². The summed E-state index contributed by atoms with van der Waals surface area (Å²) < 4.78 is 37.6. The van der Waals surface area contributed by atoms with Crippen LogP contribution < -0.4 is 10.6 Å². The number of hydrogen-bond acceptors (Lipinski definition) is 4. The Morgan fingerprint density at radius 3 is 2.50 bits per heavy atom. The number of piperidine rings is 1. The summed E-state index contributed by atoms with van der Waals surface area (Å²) in [6.07, 6.45) is -2.06. The Morgan fingerprint density at radius 1 is 1.44 bits per heavy atom. The molecule has 1 unspecified atom stereocenters. The summed E-state index contributed by atoms with van der Waals surface area (Å²) in [6.45, 7) is 2.69. The van der Waals surface area contributed by atoms with Gasteiger partial charge in [-0.15, -0.1) is 11.3 Å². The summed E-state index contributed by atoms with van der Waals surface area (Å²) in [6, 6.07) is -0.0797. The highest BCUT2D eigenvalue weighted by Crippen LogP contribution is 2.36. The van der Waals surface area contributed by atoms with E-state index in [0.717, 1.165) is 10.0 Å². The topological polar surface area (TPSA) is 42.1 Å². The summed E-state index contributed by atoms with van der Waals surface area (Å²) in [7, 11) is 0. The minimum Gasteiger partial charge on any atom is -0.348 e. The van der Waals surface area contributed by atoms with Crippen LogP contribution >= 0.6 is 11.3 Å². The molecular formula is C11H16F3N3S. The van der Waals surface area contributed by atoms with Crippen LogP contribution in [0.25, 0.3) is 0 Å². The van der Waals surface area contributed by atoms with Crippen LogP contribution in [0.5, 0.6) is 0 Å². The summed E-state index contributed by atoms with van der Waals surface area (Å²) in [4.78, 5) is 7.11. The molecule has 18 heavy (non-hydrogen) atoms. The largest absolute Gasteiger partial charge is 0.391 e. The van der Waals surface area contributed by atoms with Crippen molar-refractivity contribution in [3.63, 3.8) is 0 Å². The van der Waals surface area contributed by atoms with Crippen molar-refractivity contribution in [1.82, 2.24) is 4.98 Å². The van der Waals surface area contributed by atoms with Crippen molar-refractivity contribution >= 4 is 16.5 Å². The highest BCUT2D eigenvalue weighted by Gasteiger charge is 2.41. The second kappa shape index (κ2) is 5.05. The molecule has 0 saturated carbocycles. The fraction of sp³-hybridized carbons (Fsp3) is 0.727. The van der Waals surface area contributed by atoms with Gasteiger partial charge in [0, 0.05) is 30.2 Å². The quantitative estimate of drug-likeness (QED) is 0.905. The third-order valence-corrected chi connectivity index (χ3v) is 4.45. The van der Waals surface area contributed by atoms with Crippen LogP contribution in [0.15, 0.2) is 6.20 Å². The molecule has 3 nitrogen and oxygen atoms in total. The van der Waals surface area contributed by atoms with Crippen LogP contribution in [0.3, 0.4) is 0 Å². The minimum atomic E-state index is -4.06. The van der Waals surface area contributed by atoms with Crippen molar-refractivity contribution in [2.75, 3.05) is 18.0 Å². The fourth-order valence-electron chi connectivity index (χ4n) is 2.03. The van der Waals surface area contributed by atoms with Crippen LogP contribution in [0.4, 0.5) is 18.3 Å². The number of nitrogens with zero attached hydrogens (tertiary/aromatic N) is 2. The average molecular weight is 279 g/mol. The van der Waals surface area contributed by atoms with Gasteiger partial charge in [0.2, 0.25) is 0 Å². The van der Waals surface area contributed by atoms with Crippen molar-refractivity contribution in [1.29, 1.82) is 0 Å². The average Bonchev–Trinajstić information content (AvgIpc) is 2.77. The van der Waals surface area contributed by atoms with E-state index in [0.29, 0.717) is 13.1 Å². The Kier molecular flexibility index (Phi) is 3.82. The molecule has 0 spiro atoms. The molecule has 0 aliphatic carbocycles. The minimum absolute atomic E-state index is 0.0797. The normalized spacial score (nSPS) is 20.2. The first-order valence-corrected chi connectivity index (χ1v) is 6.72. The highest BCUT2D eigenvalue weighted by molar-refractivity contribution is 7.15. The molecule has 2 heterocycles. The van der Waals surface area contributed by atoms with Gasteiger partial charge in [0.25, 0.3) is 0 Å². The van der Waals surface area contributed by atoms with E-state index in [1.807, 2.05) is 11.8 Å². The molecule has 102 valence electrons. The maximum absolute atomic E-state index is 12.5. The second-order valence-electron chi connectivity index (χ2n) is 4.64. The van der Waals surface area contributed by atoms with Gasteiger partial charge in [-0.05, 0) is 19.8 Å². The van der Waals surface area contributed by atoms with Crippen LogP contribution in [0.1, 0.15) is 30.7 Å². The number of anilines is 1. The molecule has 0 aromatic carbocycles. The number of rotatable bonds is 2. The number of halogens is 3. The van der Waals surface area contributed by atoms with E-state index in [1.165, 1.54) is 11.3 Å². The number of alkyl halides is 3. The van der Waals surface area contributed by atoms with Crippen LogP contribution in [-0.4, -0.2) is 24.2 Å². The fourth-order valence-corrected chi connectivity index (χ4v) is 2.95. The first kappa shape index (κ1) is 13.6. The summed E-state index contributed by atoms with van der Waals surface area (Å²) in [5.41, 5.74) is 5.74. The van der Waals surface area contributed by atoms with Gasteiger partial charge in [-0.1, -0.05) is 0 Å². The molecule has 1 aliphatic heterocycles. The maximum Gasteiger partial charge on any atom is 0.391 e. The molecule has 2 rings (SSSR count). The van der Waals surface area contributed by atoms with Gasteiger partial charge in [-0.3, -0.25) is 0 Å². The standard InChI is InChI=1S/C11H16F3N3S/c1-7(15)9-6-16-10(18-9)17-4-2-8(3-5-17)11(12,13)14/h6-8H,2-5,15H2,1H3. The molecule has 0 radical (unpaired) electrons. The predicted molar refractivity (Wildman–Crippen MR) is 65.7 cm³/mol. The Morgan fingerprint density at radius 2 is 2.06 bits per heavy atom. The Hall–Kier alpha value is -0.820. The molecule has 1 fully saturated rings. The number of thiazole rings is 1. The van der Waals surface area contributed by atoms with Gasteiger partial charge in [0.15, 0.2) is 5.13 Å². The van der Waals surface area contributed by atoms with Crippen LogP contribution in [0.2, 0.25) is 0 Å². The lowest BCUT2D eigenvalue weighted by atomic mass is 9.97. The molecule has 1 aromatic rings. The molecular weight excluding hydrogens is 263 g/mol. The zero-order valence-electron chi connectivity index (χ0n) is 10.1. The molecule has 1 atom stereocenters. The molecule has 0 amide bonds. The van der Waals surface area contributed by atoms with E-state index in [1.54, 1.807) is 6.20 Å². The van der Waals surface area contributed by atoms with Crippen molar-refractivity contribution < 1.29 is 13.2 Å². The van der Waals surface area contributed by atoms with E-state index in [4.69, 9.17) is 5.73 Å². The Labute approximate surface area is 108 Å². The second-order valence-corrected chi connectivity index (χ2v) is 5.68. The number of hydrogen-bond donors (Lipinski definition) is 1. The molecule has 7 heteroatoms. The van der Waals surface area contributed by atoms with Crippen molar-refractivity contribution in [3.05, 3.63) is 11.1 Å². The van der Waals surface area contributed by atoms with Gasteiger partial charge in [-0.2, -0.15) is 13.2 Å². The Bertz CT molecular complexity index is 394. The lowest BCUT2D eigenvalue weighted by Crippen LogP contribution is -2.38. The maximum atomic E-state index is 12.5. The van der Waals surface area contributed by atoms with E-state index in [9.17, 15) is 13.2 Å². The van der Waals surface area contributed by atoms with Gasteiger partial charge >= 0.3 is 6.18 Å². The monoisotopic (exact) mass is 279 g/mol. The Balaban J connectivity index is 1.97. The first-order chi connectivity index (χ1) is 8.38. The SMILES string of the molecule is CC(N)c1cnc(N2CCC(C(F)(F)F)CC2)s1. The molecule has 1 saturated heterocycles. The van der Waals surface area contributed by atoms with Gasteiger partial charge in [0.1, 0.15) is 0 Å². The van der Waals surface area contributed by atoms with Crippen molar-refractivity contribution in [2.24, 2.45) is 11.7 Å². The van der Waals surface area contributed by atoms with Crippen molar-refractivity contribution in [2.45, 2.75) is 32.0 Å². The van der Waals surface area contributed by atoms with Gasteiger partial charge in [0.05, 0.1) is 5.92 Å². The number of aromatic nitrogens is 1. The van der Waals surface area contributed by atoms with E-state index < -0.39 is 12.1 Å². The van der Waals surface area contributed by atoms with E-state index in [-0.39, 0.29) is 18.9 Å². The van der Waals surface area contributed by atoms with Crippen LogP contribution in [0, 0.1) is 5.92 Å². The highest BCUT2D eigenvalue weighted by atomic mass is 32.1. The van der Waals surface area contributed by atoms with Gasteiger partial charge in [-0.25, -0.2) is 4.98 Å². The lowest BCUT2D eigenvalue weighted by molar-refractivity contribution is -0.179. The zero-order chi connectivity index (χ0) is 13.3. The molecule has 0 bridgehead atoms. The third-order valence-electron chi connectivity index (χ3n) is 3.19. The lowest BCUT2D eigenvalue weighted by Gasteiger charge is -2.32. The van der Waals surface area contributed by atoms with E-state index in [2.05, 4.69) is 4.98 Å². The summed E-state index contributed by atoms with van der Waals surface area (Å²) in [5.74, 6) is -1.17. The number of nitrogens with two attached hydrogens (primary N) is 1. The zero-order valence-corrected chi connectivity index (χ0v) is 10.9. The molecule has 1 aromatic heterocycles. The van der Waals surface area contributed by atoms with Gasteiger partial charge < -0.3 is 10.6 Å². The first-order valence-electron chi connectivity index (χ1n) is 5.91.